The van der Waals surface area contributed by atoms with Gasteiger partial charge in [0, 0.05) is 0 Å². The van der Waals surface area contributed by atoms with E-state index in [1.165, 1.54) is 21.0 Å². The Kier molecular flexibility index (Phi) is 4.25. The molecule has 0 radical (unpaired) electrons. The summed E-state index contributed by atoms with van der Waals surface area (Å²) >= 11 is 0.474. The molecule has 22 heavy (non-hydrogen) atoms. The average molecular weight is 356 g/mol. The van der Waals surface area contributed by atoms with Gasteiger partial charge in [-0.1, -0.05) is 0 Å². The summed E-state index contributed by atoms with van der Waals surface area (Å²) < 4.78 is 1.40. The average Bonchev–Trinajstić information content (AvgIpc) is 3.01. The van der Waals surface area contributed by atoms with E-state index in [2.05, 4.69) is 69.0 Å². The summed E-state index contributed by atoms with van der Waals surface area (Å²) in [5.74, 6) is 0. The molecule has 3 rings (SSSR count). The zero-order chi connectivity index (χ0) is 15.7. The first-order valence-electron chi connectivity index (χ1n) is 8.02. The molecule has 1 aromatic carbocycles. The zero-order valence-electron chi connectivity index (χ0n) is 13.8. The fourth-order valence-corrected chi connectivity index (χ4v) is 4.47. The van der Waals surface area contributed by atoms with Gasteiger partial charge in [0.05, 0.1) is 0 Å². The number of nitrogens with zero attached hydrogens (tertiary/aromatic N) is 1. The van der Waals surface area contributed by atoms with Crippen molar-refractivity contribution in [2.45, 2.75) is 46.0 Å². The Morgan fingerprint density at radius 2 is 1.82 bits per heavy atom. The van der Waals surface area contributed by atoms with Crippen LogP contribution in [0, 0.1) is 6.92 Å². The summed E-state index contributed by atoms with van der Waals surface area (Å²) in [6, 6.07) is 13.5. The van der Waals surface area contributed by atoms with E-state index in [-0.39, 0.29) is 5.41 Å². The fraction of sp³-hybridized carbons (Fsp3) is 0.350. The fourth-order valence-electron chi connectivity index (χ4n) is 2.95. The van der Waals surface area contributed by atoms with Gasteiger partial charge in [0.15, 0.2) is 0 Å². The van der Waals surface area contributed by atoms with Gasteiger partial charge in [0.25, 0.3) is 0 Å². The monoisotopic (exact) mass is 357 g/mol. The molecular weight excluding hydrogens is 333 g/mol. The van der Waals surface area contributed by atoms with Gasteiger partial charge in [0.1, 0.15) is 0 Å². The molecule has 0 aliphatic heterocycles. The van der Waals surface area contributed by atoms with Crippen LogP contribution >= 0.6 is 0 Å². The van der Waals surface area contributed by atoms with Crippen LogP contribution in [0.5, 0.6) is 0 Å². The van der Waals surface area contributed by atoms with Gasteiger partial charge in [-0.25, -0.2) is 0 Å². The van der Waals surface area contributed by atoms with E-state index in [4.69, 9.17) is 4.98 Å². The van der Waals surface area contributed by atoms with Crippen LogP contribution in [0.4, 0.5) is 0 Å². The quantitative estimate of drug-likeness (QED) is 0.575. The Hall–Kier alpha value is -1.37. The van der Waals surface area contributed by atoms with Crippen molar-refractivity contribution in [3.8, 4) is 11.3 Å². The summed E-state index contributed by atoms with van der Waals surface area (Å²) in [5, 5.41) is 0. The number of aryl methyl sites for hydroxylation is 1. The van der Waals surface area contributed by atoms with Crippen molar-refractivity contribution in [3.63, 3.8) is 0 Å². The Morgan fingerprint density at radius 3 is 2.55 bits per heavy atom. The van der Waals surface area contributed by atoms with E-state index in [1.54, 1.807) is 0 Å². The van der Waals surface area contributed by atoms with Crippen LogP contribution in [0.15, 0.2) is 41.3 Å². The SMILES string of the molecule is CCC(C)(CC)c1cc(C)cc(-c2ccc3[se]ccc3n2)c1. The maximum absolute atomic E-state index is 4.87. The normalized spacial score (nSPS) is 12.0. The predicted octanol–water partition coefficient (Wildman–Crippen LogP) is 5.34. The Bertz CT molecular complexity index is 796. The first-order chi connectivity index (χ1) is 10.6. The molecule has 0 aliphatic carbocycles. The van der Waals surface area contributed by atoms with E-state index in [9.17, 15) is 0 Å². The van der Waals surface area contributed by atoms with Crippen LogP contribution < -0.4 is 0 Å². The Morgan fingerprint density at radius 1 is 1.05 bits per heavy atom. The molecule has 1 nitrogen and oxygen atoms in total. The van der Waals surface area contributed by atoms with Crippen LogP contribution in [-0.4, -0.2) is 19.5 Å². The number of aromatic nitrogens is 1. The second-order valence-corrected chi connectivity index (χ2v) is 8.34. The van der Waals surface area contributed by atoms with E-state index in [1.807, 2.05) is 0 Å². The molecule has 0 amide bonds. The standard InChI is InChI=1S/C20H23NSe/c1-5-20(4,6-2)16-12-14(3)11-15(13-16)17-7-8-19-18(21-17)9-10-22-19/h7-13H,5-6H2,1-4H3. The van der Waals surface area contributed by atoms with Gasteiger partial charge in [-0.3, -0.25) is 0 Å². The predicted molar refractivity (Wildman–Crippen MR) is 96.8 cm³/mol. The molecule has 2 heterocycles. The van der Waals surface area contributed by atoms with Crippen molar-refractivity contribution < 1.29 is 0 Å². The molecular formula is C20H23NSe. The number of fused-ring (bicyclic) bond motifs is 1. The number of benzene rings is 1. The molecule has 0 atom stereocenters. The molecule has 3 aromatic rings. The zero-order valence-corrected chi connectivity index (χ0v) is 15.5. The van der Waals surface area contributed by atoms with Crippen molar-refractivity contribution in [2.75, 3.05) is 0 Å². The molecule has 0 spiro atoms. The van der Waals surface area contributed by atoms with E-state index in [0.717, 1.165) is 24.1 Å². The molecule has 0 saturated heterocycles. The third-order valence-corrected chi connectivity index (χ3v) is 6.77. The minimum absolute atomic E-state index is 0.251. The Balaban J connectivity index is 2.12. The molecule has 0 aliphatic rings. The van der Waals surface area contributed by atoms with Gasteiger partial charge >= 0.3 is 139 Å². The summed E-state index contributed by atoms with van der Waals surface area (Å²) in [4.78, 5) is 7.12. The first kappa shape index (κ1) is 15.5. The van der Waals surface area contributed by atoms with Crippen LogP contribution in [0.1, 0.15) is 44.7 Å². The van der Waals surface area contributed by atoms with Gasteiger partial charge in [-0.2, -0.15) is 0 Å². The van der Waals surface area contributed by atoms with Crippen molar-refractivity contribution in [2.24, 2.45) is 0 Å². The van der Waals surface area contributed by atoms with Crippen LogP contribution in [0.2, 0.25) is 0 Å². The summed E-state index contributed by atoms with van der Waals surface area (Å²) in [6.45, 7) is 9.13. The van der Waals surface area contributed by atoms with Crippen LogP contribution in [0.25, 0.3) is 21.0 Å². The minimum atomic E-state index is 0.251. The molecule has 2 heteroatoms. The number of rotatable bonds is 4. The van der Waals surface area contributed by atoms with Crippen LogP contribution in [0.3, 0.4) is 0 Å². The van der Waals surface area contributed by atoms with Crippen molar-refractivity contribution >= 4 is 24.3 Å². The molecule has 0 unspecified atom stereocenters. The van der Waals surface area contributed by atoms with Gasteiger partial charge in [0.2, 0.25) is 0 Å². The van der Waals surface area contributed by atoms with E-state index >= 15 is 0 Å². The second kappa shape index (κ2) is 6.02. The third-order valence-electron chi connectivity index (χ3n) is 4.94. The molecule has 114 valence electrons. The second-order valence-electron chi connectivity index (χ2n) is 6.36. The van der Waals surface area contributed by atoms with Crippen molar-refractivity contribution in [3.05, 3.63) is 52.5 Å². The summed E-state index contributed by atoms with van der Waals surface area (Å²) in [7, 11) is 0. The molecule has 0 bridgehead atoms. The number of hydrogen-bond donors (Lipinski definition) is 0. The van der Waals surface area contributed by atoms with Crippen molar-refractivity contribution in [1.82, 2.24) is 4.98 Å². The third kappa shape index (κ3) is 2.78. The van der Waals surface area contributed by atoms with Gasteiger partial charge in [-0.05, 0) is 0 Å². The van der Waals surface area contributed by atoms with E-state index in [0.29, 0.717) is 14.5 Å². The van der Waals surface area contributed by atoms with Crippen LogP contribution in [-0.2, 0) is 5.41 Å². The van der Waals surface area contributed by atoms with Gasteiger partial charge in [-0.15, -0.1) is 0 Å². The summed E-state index contributed by atoms with van der Waals surface area (Å²) in [6.07, 6.45) is 2.32. The van der Waals surface area contributed by atoms with Gasteiger partial charge < -0.3 is 0 Å². The van der Waals surface area contributed by atoms with Crippen molar-refractivity contribution in [1.29, 1.82) is 0 Å². The molecule has 0 fully saturated rings. The Labute approximate surface area is 139 Å². The first-order valence-corrected chi connectivity index (χ1v) is 9.87. The van der Waals surface area contributed by atoms with E-state index < -0.39 is 0 Å². The maximum atomic E-state index is 4.87. The molecule has 0 N–H and O–H groups in total. The summed E-state index contributed by atoms with van der Waals surface area (Å²) in [5.41, 5.74) is 6.52. The number of pyridine rings is 1. The molecule has 0 saturated carbocycles. The molecule has 2 aromatic heterocycles. The number of hydrogen-bond acceptors (Lipinski definition) is 1. The topological polar surface area (TPSA) is 12.9 Å².